The molecule has 7 nitrogen and oxygen atoms in total. The second-order valence-corrected chi connectivity index (χ2v) is 7.54. The molecule has 1 N–H and O–H groups in total. The van der Waals surface area contributed by atoms with Crippen LogP contribution < -0.4 is 19.6 Å². The fourth-order valence-corrected chi connectivity index (χ4v) is 3.73. The minimum atomic E-state index is -0.341. The van der Waals surface area contributed by atoms with Crippen molar-refractivity contribution >= 4 is 23.0 Å². The van der Waals surface area contributed by atoms with Gasteiger partial charge in [-0.3, -0.25) is 4.79 Å². The topological polar surface area (TPSA) is 82.0 Å². The number of rotatable bonds is 9. The maximum Gasteiger partial charge on any atom is 0.272 e. The number of pyridine rings is 1. The summed E-state index contributed by atoms with van der Waals surface area (Å²) in [5.74, 6) is 1.64. The van der Waals surface area contributed by atoms with Gasteiger partial charge in [0.05, 0.1) is 43.3 Å². The number of benzene rings is 3. The number of amides is 1. The number of hydrogen-bond acceptors (Lipinski definition) is 6. The summed E-state index contributed by atoms with van der Waals surface area (Å²) in [4.78, 5) is 17.9. The Morgan fingerprint density at radius 3 is 2.46 bits per heavy atom. The first-order chi connectivity index (χ1) is 17.1. The van der Waals surface area contributed by atoms with Crippen LogP contribution in [0.15, 0.2) is 77.9 Å². The number of carbonyl (C=O) groups is 1. The van der Waals surface area contributed by atoms with Gasteiger partial charge in [0.25, 0.3) is 5.91 Å². The smallest absolute Gasteiger partial charge is 0.272 e. The molecular formula is C28H27N3O4. The molecule has 0 saturated carbocycles. The SMILES string of the molecule is CCOc1ccc(/C=N\NC(=O)c2cc(-c3ccccc3OC)nc3ccccc23)cc1OCC. The summed E-state index contributed by atoms with van der Waals surface area (Å²) in [5, 5.41) is 4.91. The van der Waals surface area contributed by atoms with E-state index in [4.69, 9.17) is 19.2 Å². The van der Waals surface area contributed by atoms with Crippen molar-refractivity contribution in [1.82, 2.24) is 10.4 Å². The molecule has 1 amide bonds. The number of methoxy groups -OCH3 is 1. The lowest BCUT2D eigenvalue weighted by molar-refractivity contribution is 0.0956. The van der Waals surface area contributed by atoms with Crippen LogP contribution in [0.5, 0.6) is 17.2 Å². The minimum absolute atomic E-state index is 0.341. The molecule has 0 fully saturated rings. The van der Waals surface area contributed by atoms with Crippen LogP contribution in [-0.2, 0) is 0 Å². The number of hydrazone groups is 1. The van der Waals surface area contributed by atoms with Crippen LogP contribution in [0.2, 0.25) is 0 Å². The van der Waals surface area contributed by atoms with Crippen molar-refractivity contribution in [1.29, 1.82) is 0 Å². The van der Waals surface area contributed by atoms with E-state index in [1.54, 1.807) is 19.4 Å². The van der Waals surface area contributed by atoms with E-state index in [1.165, 1.54) is 0 Å². The molecule has 4 rings (SSSR count). The van der Waals surface area contributed by atoms with Crippen LogP contribution in [0.1, 0.15) is 29.8 Å². The molecule has 3 aromatic carbocycles. The minimum Gasteiger partial charge on any atom is -0.496 e. The highest BCUT2D eigenvalue weighted by atomic mass is 16.5. The quantitative estimate of drug-likeness (QED) is 0.260. The highest BCUT2D eigenvalue weighted by Crippen LogP contribution is 2.31. The first kappa shape index (κ1) is 23.8. The molecule has 1 heterocycles. The first-order valence-corrected chi connectivity index (χ1v) is 11.4. The number of fused-ring (bicyclic) bond motifs is 1. The lowest BCUT2D eigenvalue weighted by Gasteiger charge is -2.12. The van der Waals surface area contributed by atoms with Gasteiger partial charge >= 0.3 is 0 Å². The monoisotopic (exact) mass is 469 g/mol. The number of aromatic nitrogens is 1. The van der Waals surface area contributed by atoms with Crippen molar-refractivity contribution in [2.24, 2.45) is 5.10 Å². The molecule has 0 saturated heterocycles. The molecule has 0 aliphatic rings. The van der Waals surface area contributed by atoms with E-state index in [-0.39, 0.29) is 5.91 Å². The molecule has 0 atom stereocenters. The lowest BCUT2D eigenvalue weighted by atomic mass is 10.0. The standard InChI is InChI=1S/C28H27N3O4/c1-4-34-26-15-14-19(16-27(26)35-5-2)18-29-31-28(32)22-17-24(21-11-7-9-13-25(21)33-3)30-23-12-8-6-10-20(22)23/h6-18H,4-5H2,1-3H3,(H,31,32)/b29-18-. The van der Waals surface area contributed by atoms with Crippen molar-refractivity contribution < 1.29 is 19.0 Å². The zero-order valence-electron chi connectivity index (χ0n) is 19.9. The van der Waals surface area contributed by atoms with Crippen molar-refractivity contribution in [3.63, 3.8) is 0 Å². The number of carbonyl (C=O) groups excluding carboxylic acids is 1. The average molecular weight is 470 g/mol. The largest absolute Gasteiger partial charge is 0.496 e. The van der Waals surface area contributed by atoms with Crippen LogP contribution in [0, 0.1) is 0 Å². The second-order valence-electron chi connectivity index (χ2n) is 7.54. The van der Waals surface area contributed by atoms with E-state index in [2.05, 4.69) is 10.5 Å². The zero-order chi connectivity index (χ0) is 24.6. The van der Waals surface area contributed by atoms with Gasteiger partial charge in [-0.25, -0.2) is 10.4 Å². The summed E-state index contributed by atoms with van der Waals surface area (Å²) < 4.78 is 16.7. The van der Waals surface area contributed by atoms with Crippen molar-refractivity contribution in [3.8, 4) is 28.5 Å². The van der Waals surface area contributed by atoms with Crippen molar-refractivity contribution in [2.45, 2.75) is 13.8 Å². The number of hydrogen-bond donors (Lipinski definition) is 1. The highest BCUT2D eigenvalue weighted by molar-refractivity contribution is 6.07. The molecule has 35 heavy (non-hydrogen) atoms. The Labute approximate surface area is 204 Å². The van der Waals surface area contributed by atoms with Gasteiger partial charge in [0, 0.05) is 10.9 Å². The van der Waals surface area contributed by atoms with Crippen LogP contribution >= 0.6 is 0 Å². The summed E-state index contributed by atoms with van der Waals surface area (Å²) >= 11 is 0. The van der Waals surface area contributed by atoms with Gasteiger partial charge in [0.15, 0.2) is 11.5 Å². The van der Waals surface area contributed by atoms with E-state index in [0.717, 1.165) is 16.5 Å². The third-order valence-corrected chi connectivity index (χ3v) is 5.29. The van der Waals surface area contributed by atoms with Crippen LogP contribution in [0.4, 0.5) is 0 Å². The molecule has 0 aliphatic heterocycles. The Morgan fingerprint density at radius 1 is 0.914 bits per heavy atom. The number of ether oxygens (including phenoxy) is 3. The van der Waals surface area contributed by atoms with Crippen LogP contribution in [0.3, 0.4) is 0 Å². The number of nitrogens with zero attached hydrogens (tertiary/aromatic N) is 2. The maximum absolute atomic E-state index is 13.2. The predicted molar refractivity (Wildman–Crippen MR) is 138 cm³/mol. The fourth-order valence-electron chi connectivity index (χ4n) is 3.73. The Kier molecular flexibility index (Phi) is 7.57. The summed E-state index contributed by atoms with van der Waals surface area (Å²) in [6.07, 6.45) is 1.57. The summed E-state index contributed by atoms with van der Waals surface area (Å²) in [6.45, 7) is 4.89. The van der Waals surface area contributed by atoms with Gasteiger partial charge in [-0.2, -0.15) is 5.10 Å². The third kappa shape index (κ3) is 5.41. The molecule has 4 aromatic rings. The Morgan fingerprint density at radius 2 is 1.66 bits per heavy atom. The van der Waals surface area contributed by atoms with E-state index in [1.807, 2.05) is 80.6 Å². The van der Waals surface area contributed by atoms with E-state index < -0.39 is 0 Å². The zero-order valence-corrected chi connectivity index (χ0v) is 19.9. The molecule has 0 spiro atoms. The highest BCUT2D eigenvalue weighted by Gasteiger charge is 2.15. The van der Waals surface area contributed by atoms with E-state index >= 15 is 0 Å². The predicted octanol–water partition coefficient (Wildman–Crippen LogP) is 5.47. The Bertz CT molecular complexity index is 1370. The lowest BCUT2D eigenvalue weighted by Crippen LogP contribution is -2.18. The molecule has 178 valence electrons. The van der Waals surface area contributed by atoms with Gasteiger partial charge in [0.2, 0.25) is 0 Å². The summed E-state index contributed by atoms with van der Waals surface area (Å²) in [6, 6.07) is 22.4. The molecular weight excluding hydrogens is 442 g/mol. The van der Waals surface area contributed by atoms with Gasteiger partial charge < -0.3 is 14.2 Å². The second kappa shape index (κ2) is 11.2. The van der Waals surface area contributed by atoms with Gasteiger partial charge in [-0.05, 0) is 61.9 Å². The average Bonchev–Trinajstić information content (AvgIpc) is 2.89. The Hall–Kier alpha value is -4.39. The number of nitrogens with one attached hydrogen (secondary N) is 1. The van der Waals surface area contributed by atoms with Crippen molar-refractivity contribution in [2.75, 3.05) is 20.3 Å². The van der Waals surface area contributed by atoms with Crippen LogP contribution in [-0.4, -0.2) is 37.4 Å². The normalized spacial score (nSPS) is 10.9. The maximum atomic E-state index is 13.2. The van der Waals surface area contributed by atoms with Gasteiger partial charge in [0.1, 0.15) is 5.75 Å². The number of para-hydroxylation sites is 2. The molecule has 0 bridgehead atoms. The summed E-state index contributed by atoms with van der Waals surface area (Å²) in [5.41, 5.74) is 6.03. The molecule has 7 heteroatoms. The Balaban J connectivity index is 1.63. The first-order valence-electron chi connectivity index (χ1n) is 11.4. The molecule has 0 radical (unpaired) electrons. The molecule has 0 aliphatic carbocycles. The van der Waals surface area contributed by atoms with Gasteiger partial charge in [-0.1, -0.05) is 30.3 Å². The van der Waals surface area contributed by atoms with Gasteiger partial charge in [-0.15, -0.1) is 0 Å². The van der Waals surface area contributed by atoms with Crippen molar-refractivity contribution in [3.05, 3.63) is 83.9 Å². The van der Waals surface area contributed by atoms with E-state index in [0.29, 0.717) is 47.2 Å². The summed E-state index contributed by atoms with van der Waals surface area (Å²) in [7, 11) is 1.61. The fraction of sp³-hybridized carbons (Fsp3) is 0.179. The van der Waals surface area contributed by atoms with E-state index in [9.17, 15) is 4.79 Å². The van der Waals surface area contributed by atoms with Crippen LogP contribution in [0.25, 0.3) is 22.2 Å². The molecule has 0 unspecified atom stereocenters. The third-order valence-electron chi connectivity index (χ3n) is 5.29. The molecule has 1 aromatic heterocycles.